The molecule has 2 saturated carbocycles. The number of nitrogens with one attached hydrogen (secondary N) is 1. The number of aromatic nitrogens is 2. The molecule has 2 aromatic rings. The van der Waals surface area contributed by atoms with E-state index in [1.807, 2.05) is 6.07 Å². The lowest BCUT2D eigenvalue weighted by Gasteiger charge is -2.21. The second-order valence-corrected chi connectivity index (χ2v) is 7.99. The molecule has 2 bridgehead atoms. The van der Waals surface area contributed by atoms with Crippen LogP contribution in [0.3, 0.4) is 0 Å². The zero-order valence-electron chi connectivity index (χ0n) is 13.2. The molecule has 6 heteroatoms. The zero-order valence-corrected chi connectivity index (χ0v) is 14.1. The third kappa shape index (κ3) is 2.69. The number of thiophene rings is 1. The molecule has 5 nitrogen and oxygen atoms in total. The van der Waals surface area contributed by atoms with Crippen molar-refractivity contribution in [3.8, 4) is 0 Å². The Morgan fingerprint density at radius 2 is 2.30 bits per heavy atom. The monoisotopic (exact) mass is 331 g/mol. The number of fused-ring (bicyclic) bond motifs is 3. The minimum absolute atomic E-state index is 0.0725. The molecule has 0 radical (unpaired) electrons. The normalized spacial score (nSPS) is 26.0. The summed E-state index contributed by atoms with van der Waals surface area (Å²) in [5.41, 5.74) is 2.54. The molecule has 3 atom stereocenters. The molecule has 2 aliphatic carbocycles. The van der Waals surface area contributed by atoms with Crippen LogP contribution in [0.15, 0.2) is 17.2 Å². The number of carbonyl (C=O) groups excluding carboxylic acids is 1. The first-order valence-corrected chi connectivity index (χ1v) is 9.25. The Balaban J connectivity index is 1.49. The third-order valence-electron chi connectivity index (χ3n) is 5.43. The molecule has 1 amide bonds. The fourth-order valence-corrected chi connectivity index (χ4v) is 5.20. The lowest BCUT2D eigenvalue weighted by atomic mass is 9.86. The summed E-state index contributed by atoms with van der Waals surface area (Å²) < 4.78 is 1.24. The van der Waals surface area contributed by atoms with Gasteiger partial charge in [-0.05, 0) is 49.5 Å². The minimum atomic E-state index is -0.188. The Hall–Kier alpha value is -1.69. The van der Waals surface area contributed by atoms with Crippen molar-refractivity contribution in [2.75, 3.05) is 5.43 Å². The van der Waals surface area contributed by atoms with Gasteiger partial charge in [0.05, 0.1) is 5.39 Å². The van der Waals surface area contributed by atoms with Crippen molar-refractivity contribution in [1.82, 2.24) is 9.66 Å². The number of rotatable bonds is 4. The maximum atomic E-state index is 12.5. The van der Waals surface area contributed by atoms with Gasteiger partial charge in [-0.1, -0.05) is 13.3 Å². The molecule has 0 aromatic carbocycles. The lowest BCUT2D eigenvalue weighted by molar-refractivity contribution is -0.118. The number of amides is 1. The predicted octanol–water partition coefficient (Wildman–Crippen LogP) is 2.92. The SMILES string of the molecule is CCc1cc2c(=O)n(NC(=O)C[C@@H]3C[C@H]4CC[C@H]3C4)cnc2s1. The molecule has 1 N–H and O–H groups in total. The molecule has 2 aromatic heterocycles. The van der Waals surface area contributed by atoms with Crippen molar-refractivity contribution < 1.29 is 4.79 Å². The van der Waals surface area contributed by atoms with Crippen molar-refractivity contribution in [2.24, 2.45) is 17.8 Å². The number of carbonyl (C=O) groups is 1. The van der Waals surface area contributed by atoms with Crippen LogP contribution < -0.4 is 11.0 Å². The van der Waals surface area contributed by atoms with E-state index in [1.165, 1.54) is 48.0 Å². The predicted molar refractivity (Wildman–Crippen MR) is 91.2 cm³/mol. The summed E-state index contributed by atoms with van der Waals surface area (Å²) in [6, 6.07) is 1.88. The Kier molecular flexibility index (Phi) is 3.71. The summed E-state index contributed by atoms with van der Waals surface area (Å²) in [6.07, 6.45) is 7.91. The summed E-state index contributed by atoms with van der Waals surface area (Å²) in [5.74, 6) is 1.97. The second kappa shape index (κ2) is 5.74. The van der Waals surface area contributed by atoms with Crippen LogP contribution in [0.2, 0.25) is 0 Å². The van der Waals surface area contributed by atoms with E-state index in [9.17, 15) is 9.59 Å². The molecule has 0 saturated heterocycles. The smallest absolute Gasteiger partial charge is 0.273 e. The molecule has 122 valence electrons. The van der Waals surface area contributed by atoms with Gasteiger partial charge in [0, 0.05) is 11.3 Å². The zero-order chi connectivity index (χ0) is 16.0. The molecule has 4 rings (SSSR count). The fraction of sp³-hybridized carbons (Fsp3) is 0.588. The Morgan fingerprint density at radius 1 is 1.43 bits per heavy atom. The lowest BCUT2D eigenvalue weighted by Crippen LogP contribution is -2.34. The van der Waals surface area contributed by atoms with Crippen molar-refractivity contribution >= 4 is 27.5 Å². The summed E-state index contributed by atoms with van der Waals surface area (Å²) in [7, 11) is 0. The highest BCUT2D eigenvalue weighted by molar-refractivity contribution is 7.18. The van der Waals surface area contributed by atoms with E-state index < -0.39 is 0 Å². The largest absolute Gasteiger partial charge is 0.280 e. The molecule has 2 fully saturated rings. The summed E-state index contributed by atoms with van der Waals surface area (Å²) in [6.45, 7) is 2.06. The standard InChI is InChI=1S/C17H21N3O2S/c1-2-13-8-14-16(23-13)18-9-20(17(14)22)19-15(21)7-12-6-10-3-4-11(12)5-10/h8-12H,2-7H2,1H3,(H,19,21)/t10-,11-,12-/m0/s1. The van der Waals surface area contributed by atoms with Gasteiger partial charge in [0.25, 0.3) is 5.56 Å². The topological polar surface area (TPSA) is 64.0 Å². The molecule has 2 aliphatic rings. The van der Waals surface area contributed by atoms with E-state index in [-0.39, 0.29) is 11.5 Å². The van der Waals surface area contributed by atoms with Gasteiger partial charge in [-0.3, -0.25) is 15.0 Å². The average molecular weight is 331 g/mol. The number of nitrogens with zero attached hydrogens (tertiary/aromatic N) is 2. The highest BCUT2D eigenvalue weighted by Crippen LogP contribution is 2.49. The first-order valence-electron chi connectivity index (χ1n) is 8.44. The Labute approximate surface area is 138 Å². The van der Waals surface area contributed by atoms with E-state index in [1.54, 1.807) is 0 Å². The molecule has 23 heavy (non-hydrogen) atoms. The first kappa shape index (κ1) is 14.9. The molecule has 0 spiro atoms. The average Bonchev–Trinajstić information content (AvgIpc) is 3.24. The first-order chi connectivity index (χ1) is 11.1. The van der Waals surface area contributed by atoms with Gasteiger partial charge in [0.2, 0.25) is 5.91 Å². The Morgan fingerprint density at radius 3 is 3.00 bits per heavy atom. The maximum Gasteiger partial charge on any atom is 0.280 e. The number of aryl methyl sites for hydroxylation is 1. The number of hydrogen-bond acceptors (Lipinski definition) is 4. The van der Waals surface area contributed by atoms with Crippen LogP contribution in [0.25, 0.3) is 10.2 Å². The highest BCUT2D eigenvalue weighted by Gasteiger charge is 2.40. The van der Waals surface area contributed by atoms with E-state index in [0.29, 0.717) is 23.6 Å². The second-order valence-electron chi connectivity index (χ2n) is 6.88. The van der Waals surface area contributed by atoms with Crippen LogP contribution >= 0.6 is 11.3 Å². The van der Waals surface area contributed by atoms with Crippen molar-refractivity contribution in [3.63, 3.8) is 0 Å². The van der Waals surface area contributed by atoms with Gasteiger partial charge in [0.15, 0.2) is 0 Å². The van der Waals surface area contributed by atoms with Gasteiger partial charge in [-0.15, -0.1) is 11.3 Å². The van der Waals surface area contributed by atoms with Gasteiger partial charge in [-0.2, -0.15) is 0 Å². The maximum absolute atomic E-state index is 12.5. The quantitative estimate of drug-likeness (QED) is 0.937. The minimum Gasteiger partial charge on any atom is -0.273 e. The molecular weight excluding hydrogens is 310 g/mol. The summed E-state index contributed by atoms with van der Waals surface area (Å²) in [4.78, 5) is 30.9. The van der Waals surface area contributed by atoms with Gasteiger partial charge >= 0.3 is 0 Å². The molecule has 2 heterocycles. The van der Waals surface area contributed by atoms with Crippen molar-refractivity contribution in [1.29, 1.82) is 0 Å². The van der Waals surface area contributed by atoms with Gasteiger partial charge in [-0.25, -0.2) is 9.66 Å². The van der Waals surface area contributed by atoms with Crippen LogP contribution in [0.4, 0.5) is 0 Å². The molecule has 0 unspecified atom stereocenters. The highest BCUT2D eigenvalue weighted by atomic mass is 32.1. The van der Waals surface area contributed by atoms with Gasteiger partial charge < -0.3 is 0 Å². The van der Waals surface area contributed by atoms with E-state index in [0.717, 1.165) is 22.0 Å². The van der Waals surface area contributed by atoms with E-state index in [4.69, 9.17) is 0 Å². The van der Waals surface area contributed by atoms with Crippen molar-refractivity contribution in [2.45, 2.75) is 45.4 Å². The third-order valence-corrected chi connectivity index (χ3v) is 6.62. The molecular formula is C17H21N3O2S. The molecule has 0 aliphatic heterocycles. The van der Waals surface area contributed by atoms with Crippen molar-refractivity contribution in [3.05, 3.63) is 27.6 Å². The van der Waals surface area contributed by atoms with Crippen LogP contribution in [0, 0.1) is 17.8 Å². The van der Waals surface area contributed by atoms with E-state index in [2.05, 4.69) is 17.3 Å². The van der Waals surface area contributed by atoms with Crippen LogP contribution in [0.1, 0.15) is 43.9 Å². The fourth-order valence-electron chi connectivity index (χ4n) is 4.27. The van der Waals surface area contributed by atoms with E-state index >= 15 is 0 Å². The number of hydrogen-bond donors (Lipinski definition) is 1. The summed E-state index contributed by atoms with van der Waals surface area (Å²) in [5, 5.41) is 0.592. The van der Waals surface area contributed by atoms with Gasteiger partial charge in [0.1, 0.15) is 11.2 Å². The van der Waals surface area contributed by atoms with Crippen LogP contribution in [-0.4, -0.2) is 15.6 Å². The van der Waals surface area contributed by atoms with Crippen LogP contribution in [-0.2, 0) is 11.2 Å². The van der Waals surface area contributed by atoms with Crippen LogP contribution in [0.5, 0.6) is 0 Å². The Bertz CT molecular complexity index is 810. The summed E-state index contributed by atoms with van der Waals surface area (Å²) >= 11 is 1.54.